The van der Waals surface area contributed by atoms with Gasteiger partial charge >= 0.3 is 0 Å². The third-order valence-corrected chi connectivity index (χ3v) is 3.53. The topological polar surface area (TPSA) is 18.5 Å². The van der Waals surface area contributed by atoms with Crippen molar-refractivity contribution in [1.82, 2.24) is 0 Å². The lowest BCUT2D eigenvalue weighted by atomic mass is 10.0. The summed E-state index contributed by atoms with van der Waals surface area (Å²) in [5.74, 6) is 0. The minimum Gasteiger partial charge on any atom is -0.445 e. The largest absolute Gasteiger partial charge is 0.445 e. The second-order valence-corrected chi connectivity index (χ2v) is 5.14. The van der Waals surface area contributed by atoms with Crippen molar-refractivity contribution in [2.45, 2.75) is 19.0 Å². The first kappa shape index (κ1) is 11.5. The van der Waals surface area contributed by atoms with E-state index in [0.717, 1.165) is 22.9 Å². The average Bonchev–Trinajstić information content (AvgIpc) is 2.91. The van der Waals surface area contributed by atoms with E-state index in [9.17, 15) is 0 Å². The van der Waals surface area contributed by atoms with Crippen LogP contribution in [-0.2, 0) is 0 Å². The van der Waals surface area contributed by atoms with Crippen molar-refractivity contribution >= 4 is 30.5 Å². The number of thiophene rings is 2. The fourth-order valence-electron chi connectivity index (χ4n) is 1.30. The molecule has 0 atom stereocenters. The van der Waals surface area contributed by atoms with Gasteiger partial charge in [0.1, 0.15) is 7.85 Å². The second kappa shape index (κ2) is 5.96. The first-order valence-electron chi connectivity index (χ1n) is 5.29. The van der Waals surface area contributed by atoms with Gasteiger partial charge in [-0.15, -0.1) is 22.7 Å². The van der Waals surface area contributed by atoms with Crippen molar-refractivity contribution in [2.24, 2.45) is 0 Å². The maximum absolute atomic E-state index is 5.77. The Morgan fingerprint density at radius 3 is 2.00 bits per heavy atom. The van der Waals surface area contributed by atoms with E-state index in [1.165, 1.54) is 0 Å². The van der Waals surface area contributed by atoms with Gasteiger partial charge in [-0.3, -0.25) is 0 Å². The molecule has 0 bridgehead atoms. The lowest BCUT2D eigenvalue weighted by Crippen LogP contribution is -2.22. The summed E-state index contributed by atoms with van der Waals surface area (Å²) in [6.07, 6.45) is 1.76. The van der Waals surface area contributed by atoms with Gasteiger partial charge in [0, 0.05) is 6.42 Å². The fraction of sp³-hybridized carbons (Fsp3) is 0.273. The molecule has 5 heteroatoms. The monoisotopic (exact) mass is 252 g/mol. The Balaban J connectivity index is 1.94. The normalized spacial score (nSPS) is 10.6. The van der Waals surface area contributed by atoms with Crippen LogP contribution in [0.15, 0.2) is 35.0 Å². The van der Waals surface area contributed by atoms with E-state index >= 15 is 0 Å². The molecule has 2 aromatic rings. The van der Waals surface area contributed by atoms with E-state index in [1.807, 2.05) is 35.0 Å². The van der Waals surface area contributed by atoms with Crippen molar-refractivity contribution in [3.63, 3.8) is 0 Å². The zero-order valence-corrected chi connectivity index (χ0v) is 10.7. The van der Waals surface area contributed by atoms with Gasteiger partial charge in [0.2, 0.25) is 6.29 Å². The summed E-state index contributed by atoms with van der Waals surface area (Å²) in [4.78, 5) is 0. The lowest BCUT2D eigenvalue weighted by molar-refractivity contribution is 0.00941. The van der Waals surface area contributed by atoms with Gasteiger partial charge in [-0.1, -0.05) is 6.32 Å². The molecule has 0 N–H and O–H groups in total. The maximum Gasteiger partial charge on any atom is 0.242 e. The molecular weight excluding hydrogens is 239 g/mol. The minimum atomic E-state index is -0.178. The zero-order valence-electron chi connectivity index (χ0n) is 9.09. The van der Waals surface area contributed by atoms with Gasteiger partial charge < -0.3 is 9.47 Å². The SMILES string of the molecule is BCCC(Oc1cccs1)Oc1cccs1. The molecule has 16 heavy (non-hydrogen) atoms. The second-order valence-electron chi connectivity index (χ2n) is 3.32. The van der Waals surface area contributed by atoms with Crippen LogP contribution < -0.4 is 9.47 Å². The summed E-state index contributed by atoms with van der Waals surface area (Å²) >= 11 is 3.18. The Kier molecular flexibility index (Phi) is 4.30. The molecule has 0 aliphatic carbocycles. The van der Waals surface area contributed by atoms with Crippen LogP contribution in [0.4, 0.5) is 0 Å². The Morgan fingerprint density at radius 1 is 1.06 bits per heavy atom. The summed E-state index contributed by atoms with van der Waals surface area (Å²) in [5.41, 5.74) is 0. The van der Waals surface area contributed by atoms with Crippen molar-refractivity contribution in [3.8, 4) is 10.1 Å². The Labute approximate surface area is 104 Å². The third kappa shape index (κ3) is 3.28. The van der Waals surface area contributed by atoms with Gasteiger partial charge in [0.15, 0.2) is 10.1 Å². The van der Waals surface area contributed by atoms with Crippen LogP contribution in [0.5, 0.6) is 10.1 Å². The van der Waals surface area contributed by atoms with Crippen LogP contribution in [0, 0.1) is 0 Å². The van der Waals surface area contributed by atoms with Gasteiger partial charge in [-0.05, 0) is 35.0 Å². The molecule has 2 nitrogen and oxygen atoms in total. The van der Waals surface area contributed by atoms with Crippen LogP contribution in [0.3, 0.4) is 0 Å². The molecule has 0 aliphatic heterocycles. The maximum atomic E-state index is 5.77. The number of rotatable bonds is 6. The molecule has 2 rings (SSSR count). The molecule has 0 amide bonds. The van der Waals surface area contributed by atoms with Crippen LogP contribution in [0.2, 0.25) is 6.32 Å². The number of ether oxygens (including phenoxy) is 2. The van der Waals surface area contributed by atoms with Crippen molar-refractivity contribution in [3.05, 3.63) is 35.0 Å². The summed E-state index contributed by atoms with van der Waals surface area (Å²) in [7, 11) is 2.13. The highest BCUT2D eigenvalue weighted by atomic mass is 32.1. The first-order chi connectivity index (χ1) is 7.88. The van der Waals surface area contributed by atoms with Crippen molar-refractivity contribution < 1.29 is 9.47 Å². The summed E-state index contributed by atoms with van der Waals surface area (Å²) in [5, 5.41) is 5.83. The first-order valence-corrected chi connectivity index (χ1v) is 7.04. The predicted molar refractivity (Wildman–Crippen MR) is 71.7 cm³/mol. The van der Waals surface area contributed by atoms with Crippen LogP contribution in [0.25, 0.3) is 0 Å². The highest BCUT2D eigenvalue weighted by Gasteiger charge is 2.12. The quantitative estimate of drug-likeness (QED) is 0.581. The Hall–Kier alpha value is -0.935. The van der Waals surface area contributed by atoms with E-state index in [4.69, 9.17) is 9.47 Å². The van der Waals surface area contributed by atoms with E-state index in [-0.39, 0.29) is 6.29 Å². The van der Waals surface area contributed by atoms with E-state index in [1.54, 1.807) is 22.7 Å². The van der Waals surface area contributed by atoms with Crippen LogP contribution in [0.1, 0.15) is 6.42 Å². The molecule has 0 saturated carbocycles. The van der Waals surface area contributed by atoms with E-state index in [0.29, 0.717) is 0 Å². The molecule has 0 aromatic carbocycles. The van der Waals surface area contributed by atoms with E-state index in [2.05, 4.69) is 7.85 Å². The summed E-state index contributed by atoms with van der Waals surface area (Å²) in [6, 6.07) is 7.89. The highest BCUT2D eigenvalue weighted by Crippen LogP contribution is 2.25. The molecule has 0 aliphatic rings. The zero-order chi connectivity index (χ0) is 11.2. The third-order valence-electron chi connectivity index (χ3n) is 2.01. The minimum absolute atomic E-state index is 0.178. The smallest absolute Gasteiger partial charge is 0.242 e. The van der Waals surface area contributed by atoms with E-state index < -0.39 is 0 Å². The van der Waals surface area contributed by atoms with Crippen molar-refractivity contribution in [2.75, 3.05) is 0 Å². The van der Waals surface area contributed by atoms with Gasteiger partial charge in [-0.25, -0.2) is 0 Å². The Bertz CT molecular complexity index is 350. The lowest BCUT2D eigenvalue weighted by Gasteiger charge is -2.17. The molecule has 0 saturated heterocycles. The molecule has 2 aromatic heterocycles. The highest BCUT2D eigenvalue weighted by molar-refractivity contribution is 7.12. The summed E-state index contributed by atoms with van der Waals surface area (Å²) in [6.45, 7) is 0. The van der Waals surface area contributed by atoms with Crippen molar-refractivity contribution in [1.29, 1.82) is 0 Å². The number of hydrogen-bond acceptors (Lipinski definition) is 4. The van der Waals surface area contributed by atoms with Crippen LogP contribution in [-0.4, -0.2) is 14.1 Å². The molecule has 0 radical (unpaired) electrons. The predicted octanol–water partition coefficient (Wildman–Crippen LogP) is 3.04. The van der Waals surface area contributed by atoms with Gasteiger partial charge in [-0.2, -0.15) is 0 Å². The number of hydrogen-bond donors (Lipinski definition) is 0. The fourth-order valence-corrected chi connectivity index (χ4v) is 2.52. The van der Waals surface area contributed by atoms with Crippen LogP contribution >= 0.6 is 22.7 Å². The molecule has 2 heterocycles. The van der Waals surface area contributed by atoms with Gasteiger partial charge in [0.25, 0.3) is 0 Å². The Morgan fingerprint density at radius 2 is 1.62 bits per heavy atom. The molecule has 0 fully saturated rings. The molecular formula is C11H13BO2S2. The van der Waals surface area contributed by atoms with Gasteiger partial charge in [0.05, 0.1) is 0 Å². The summed E-state index contributed by atoms with van der Waals surface area (Å²) < 4.78 is 11.5. The molecule has 0 spiro atoms. The average molecular weight is 252 g/mol. The molecule has 84 valence electrons. The standard InChI is InChI=1S/C11H13BO2S2/c12-6-5-9(13-10-3-1-7-15-10)14-11-4-2-8-16-11/h1-4,7-9H,5-6,12H2. The molecule has 0 unspecified atom stereocenters.